The number of hydrogen-bond acceptors (Lipinski definition) is 5. The molecule has 1 aromatic heterocycles. The van der Waals surface area contributed by atoms with Gasteiger partial charge in [-0.05, 0) is 24.4 Å². The molecule has 1 aromatic carbocycles. The zero-order valence-corrected chi connectivity index (χ0v) is 16.0. The van der Waals surface area contributed by atoms with E-state index in [-0.39, 0.29) is 5.41 Å². The van der Waals surface area contributed by atoms with Gasteiger partial charge in [0.1, 0.15) is 5.82 Å². The van der Waals surface area contributed by atoms with E-state index < -0.39 is 0 Å². The standard InChI is InChI=1S/C19H28N4S/c1-19(2,3)17-20-18(24-21-17)22(4)12-16-10-11-23(14-16)13-15-8-6-5-7-9-15/h5-9,16H,10-14H2,1-4H3. The second kappa shape index (κ2) is 7.19. The largest absolute Gasteiger partial charge is 0.350 e. The highest BCUT2D eigenvalue weighted by Gasteiger charge is 2.25. The molecular formula is C19H28N4S. The van der Waals surface area contributed by atoms with E-state index in [0.29, 0.717) is 5.92 Å². The van der Waals surface area contributed by atoms with Crippen LogP contribution in [0.25, 0.3) is 0 Å². The van der Waals surface area contributed by atoms with Gasteiger partial charge < -0.3 is 4.90 Å². The second-order valence-corrected chi connectivity index (χ2v) is 8.64. The maximum atomic E-state index is 4.73. The van der Waals surface area contributed by atoms with Crippen molar-refractivity contribution in [3.8, 4) is 0 Å². The van der Waals surface area contributed by atoms with Gasteiger partial charge in [-0.15, -0.1) is 0 Å². The van der Waals surface area contributed by atoms with Crippen LogP contribution in [0.2, 0.25) is 0 Å². The van der Waals surface area contributed by atoms with Crippen LogP contribution < -0.4 is 4.90 Å². The van der Waals surface area contributed by atoms with Gasteiger partial charge in [0.15, 0.2) is 0 Å². The fraction of sp³-hybridized carbons (Fsp3) is 0.579. The molecule has 1 atom stereocenters. The van der Waals surface area contributed by atoms with Crippen LogP contribution in [0.1, 0.15) is 38.6 Å². The molecule has 3 rings (SSSR count). The summed E-state index contributed by atoms with van der Waals surface area (Å²) in [6, 6.07) is 10.8. The van der Waals surface area contributed by atoms with Crippen molar-refractivity contribution in [3.63, 3.8) is 0 Å². The molecule has 1 saturated heterocycles. The molecule has 2 aromatic rings. The van der Waals surface area contributed by atoms with E-state index in [9.17, 15) is 0 Å². The molecule has 0 aliphatic carbocycles. The number of hydrogen-bond donors (Lipinski definition) is 0. The Morgan fingerprint density at radius 3 is 2.67 bits per heavy atom. The molecule has 0 amide bonds. The lowest BCUT2D eigenvalue weighted by Crippen LogP contribution is -2.28. The van der Waals surface area contributed by atoms with E-state index in [1.165, 1.54) is 36.6 Å². The average Bonchev–Trinajstić information content (AvgIpc) is 3.17. The Balaban J connectivity index is 1.52. The third kappa shape index (κ3) is 4.33. The molecule has 0 saturated carbocycles. The fourth-order valence-electron chi connectivity index (χ4n) is 3.19. The molecule has 0 radical (unpaired) electrons. The van der Waals surface area contributed by atoms with Gasteiger partial charge in [-0.2, -0.15) is 4.37 Å². The summed E-state index contributed by atoms with van der Waals surface area (Å²) in [6.45, 7) is 11.0. The molecule has 130 valence electrons. The van der Waals surface area contributed by atoms with Crippen LogP contribution in [-0.2, 0) is 12.0 Å². The van der Waals surface area contributed by atoms with Crippen molar-refractivity contribution in [2.45, 2.75) is 39.2 Å². The molecule has 0 N–H and O–H groups in total. The van der Waals surface area contributed by atoms with Crippen molar-refractivity contribution >= 4 is 16.7 Å². The zero-order valence-electron chi connectivity index (χ0n) is 15.2. The van der Waals surface area contributed by atoms with Gasteiger partial charge in [-0.1, -0.05) is 51.1 Å². The van der Waals surface area contributed by atoms with Crippen LogP contribution in [0.4, 0.5) is 5.13 Å². The minimum absolute atomic E-state index is 0.0232. The summed E-state index contributed by atoms with van der Waals surface area (Å²) in [5, 5.41) is 1.04. The van der Waals surface area contributed by atoms with E-state index in [4.69, 9.17) is 4.98 Å². The van der Waals surface area contributed by atoms with Crippen molar-refractivity contribution in [3.05, 3.63) is 41.7 Å². The molecule has 4 nitrogen and oxygen atoms in total. The van der Waals surface area contributed by atoms with E-state index >= 15 is 0 Å². The van der Waals surface area contributed by atoms with E-state index in [1.807, 2.05) is 0 Å². The van der Waals surface area contributed by atoms with Gasteiger partial charge in [0.05, 0.1) is 0 Å². The van der Waals surface area contributed by atoms with Gasteiger partial charge in [0.25, 0.3) is 0 Å². The summed E-state index contributed by atoms with van der Waals surface area (Å²) in [7, 11) is 2.15. The van der Waals surface area contributed by atoms with Crippen LogP contribution in [0.3, 0.4) is 0 Å². The first-order valence-electron chi connectivity index (χ1n) is 8.73. The van der Waals surface area contributed by atoms with Crippen LogP contribution in [-0.4, -0.2) is 40.9 Å². The number of nitrogens with zero attached hydrogens (tertiary/aromatic N) is 4. The molecule has 1 aliphatic rings. The third-order valence-corrected chi connectivity index (χ3v) is 5.39. The highest BCUT2D eigenvalue weighted by atomic mass is 32.1. The molecule has 2 heterocycles. The number of anilines is 1. The molecule has 5 heteroatoms. The Bertz CT molecular complexity index is 647. The van der Waals surface area contributed by atoms with Crippen LogP contribution in [0.15, 0.2) is 30.3 Å². The molecule has 1 unspecified atom stereocenters. The predicted molar refractivity (Wildman–Crippen MR) is 102 cm³/mol. The van der Waals surface area contributed by atoms with Gasteiger partial charge in [0.2, 0.25) is 5.13 Å². The molecule has 1 fully saturated rings. The summed E-state index contributed by atoms with van der Waals surface area (Å²) in [6.07, 6.45) is 1.27. The minimum Gasteiger partial charge on any atom is -0.350 e. The quantitative estimate of drug-likeness (QED) is 0.826. The maximum absolute atomic E-state index is 4.73. The normalized spacial score (nSPS) is 18.9. The van der Waals surface area contributed by atoms with Gasteiger partial charge >= 0.3 is 0 Å². The van der Waals surface area contributed by atoms with E-state index in [2.05, 4.69) is 72.3 Å². The van der Waals surface area contributed by atoms with Crippen molar-refractivity contribution in [2.75, 3.05) is 31.6 Å². The van der Waals surface area contributed by atoms with Crippen molar-refractivity contribution < 1.29 is 0 Å². The van der Waals surface area contributed by atoms with Crippen LogP contribution in [0.5, 0.6) is 0 Å². The maximum Gasteiger partial charge on any atom is 0.204 e. The summed E-state index contributed by atoms with van der Waals surface area (Å²) in [5.74, 6) is 1.66. The highest BCUT2D eigenvalue weighted by Crippen LogP contribution is 2.26. The minimum atomic E-state index is 0.0232. The molecule has 24 heavy (non-hydrogen) atoms. The number of benzene rings is 1. The second-order valence-electron chi connectivity index (χ2n) is 7.91. The third-order valence-electron chi connectivity index (χ3n) is 4.56. The van der Waals surface area contributed by atoms with Gasteiger partial charge in [-0.25, -0.2) is 4.98 Å². The van der Waals surface area contributed by atoms with Crippen molar-refractivity contribution in [1.29, 1.82) is 0 Å². The average molecular weight is 345 g/mol. The predicted octanol–water partition coefficient (Wildman–Crippen LogP) is 3.79. The topological polar surface area (TPSA) is 32.3 Å². The summed E-state index contributed by atoms with van der Waals surface area (Å²) >= 11 is 1.52. The van der Waals surface area contributed by atoms with Crippen LogP contribution in [0, 0.1) is 5.92 Å². The van der Waals surface area contributed by atoms with Crippen molar-refractivity contribution in [1.82, 2.24) is 14.3 Å². The van der Waals surface area contributed by atoms with Crippen LogP contribution >= 0.6 is 11.5 Å². The summed E-state index contributed by atoms with van der Waals surface area (Å²) in [4.78, 5) is 9.58. The number of rotatable bonds is 5. The van der Waals surface area contributed by atoms with Gasteiger partial charge in [-0.3, -0.25) is 4.90 Å². The number of aromatic nitrogens is 2. The van der Waals surface area contributed by atoms with E-state index in [1.54, 1.807) is 0 Å². The smallest absolute Gasteiger partial charge is 0.204 e. The SMILES string of the molecule is CN(CC1CCN(Cc2ccccc2)C1)c1nc(C(C)(C)C)ns1. The zero-order chi connectivity index (χ0) is 17.2. The molecule has 0 spiro atoms. The van der Waals surface area contributed by atoms with Gasteiger partial charge in [0, 0.05) is 43.6 Å². The Morgan fingerprint density at radius 2 is 2.00 bits per heavy atom. The first-order valence-corrected chi connectivity index (χ1v) is 9.51. The lowest BCUT2D eigenvalue weighted by Gasteiger charge is -2.21. The molecule has 0 bridgehead atoms. The summed E-state index contributed by atoms with van der Waals surface area (Å²) in [5.41, 5.74) is 1.43. The highest BCUT2D eigenvalue weighted by molar-refractivity contribution is 7.09. The van der Waals surface area contributed by atoms with E-state index in [0.717, 1.165) is 24.0 Å². The first-order chi connectivity index (χ1) is 11.4. The summed E-state index contributed by atoms with van der Waals surface area (Å²) < 4.78 is 4.53. The Kier molecular flexibility index (Phi) is 5.21. The number of likely N-dealkylation sites (tertiary alicyclic amines) is 1. The van der Waals surface area contributed by atoms with Crippen molar-refractivity contribution in [2.24, 2.45) is 5.92 Å². The fourth-order valence-corrected chi connectivity index (χ4v) is 4.01. The monoisotopic (exact) mass is 344 g/mol. The lowest BCUT2D eigenvalue weighted by atomic mass is 9.96. The Morgan fingerprint density at radius 1 is 1.25 bits per heavy atom. The molecule has 1 aliphatic heterocycles. The molecular weight excluding hydrogens is 316 g/mol. The first kappa shape index (κ1) is 17.4. The Hall–Kier alpha value is -1.46. The Labute approximate surface area is 149 Å². The lowest BCUT2D eigenvalue weighted by molar-refractivity contribution is 0.317.